The van der Waals surface area contributed by atoms with Crippen LogP contribution in [-0.2, 0) is 0 Å². The summed E-state index contributed by atoms with van der Waals surface area (Å²) < 4.78 is 0. The van der Waals surface area contributed by atoms with Crippen molar-refractivity contribution in [2.24, 2.45) is 0 Å². The second-order valence-corrected chi connectivity index (χ2v) is 8.76. The smallest absolute Gasteiger partial charge is 0.286 e. The molecule has 0 radical (unpaired) electrons. The van der Waals surface area contributed by atoms with Crippen molar-refractivity contribution in [3.8, 4) is 0 Å². The molecule has 1 aliphatic rings. The molecule has 1 fully saturated rings. The molecule has 0 saturated carbocycles. The summed E-state index contributed by atoms with van der Waals surface area (Å²) in [6.07, 6.45) is 1.82. The van der Waals surface area contributed by atoms with Gasteiger partial charge >= 0.3 is 0 Å². The molecule has 1 atom stereocenters. The number of anilines is 1. The summed E-state index contributed by atoms with van der Waals surface area (Å²) in [5, 5.41) is 12.8. The number of aryl methyl sites for hydroxylation is 1. The van der Waals surface area contributed by atoms with E-state index in [0.29, 0.717) is 22.3 Å². The van der Waals surface area contributed by atoms with Gasteiger partial charge in [-0.05, 0) is 55.7 Å². The Bertz CT molecular complexity index is 1070. The molecule has 2 amide bonds. The number of nitrogens with one attached hydrogen (secondary N) is 1. The maximum absolute atomic E-state index is 13.0. The van der Waals surface area contributed by atoms with Gasteiger partial charge in [-0.25, -0.2) is 0 Å². The van der Waals surface area contributed by atoms with Crippen molar-refractivity contribution < 1.29 is 9.59 Å². The van der Waals surface area contributed by atoms with E-state index in [1.54, 1.807) is 24.3 Å². The fourth-order valence-corrected chi connectivity index (χ4v) is 4.55. The SMILES string of the molecule is Cc1ccccc1C(=O)N1CCC[C@H](c2nnc(C(=O)Nc3ccc(Cl)cc3)s2)C1. The summed E-state index contributed by atoms with van der Waals surface area (Å²) in [4.78, 5) is 27.3. The van der Waals surface area contributed by atoms with Crippen molar-refractivity contribution in [3.63, 3.8) is 0 Å². The Morgan fingerprint density at radius 3 is 2.67 bits per heavy atom. The molecule has 0 spiro atoms. The van der Waals surface area contributed by atoms with Crippen LogP contribution < -0.4 is 5.32 Å². The quantitative estimate of drug-likeness (QED) is 0.633. The van der Waals surface area contributed by atoms with Gasteiger partial charge in [-0.15, -0.1) is 10.2 Å². The third-order valence-electron chi connectivity index (χ3n) is 5.17. The minimum absolute atomic E-state index is 0.0445. The van der Waals surface area contributed by atoms with E-state index in [4.69, 9.17) is 11.6 Å². The number of aromatic nitrogens is 2. The van der Waals surface area contributed by atoms with Gasteiger partial charge in [0.15, 0.2) is 0 Å². The predicted molar refractivity (Wildman–Crippen MR) is 118 cm³/mol. The van der Waals surface area contributed by atoms with Crippen LogP contribution in [0.3, 0.4) is 0 Å². The van der Waals surface area contributed by atoms with Gasteiger partial charge in [0.05, 0.1) is 0 Å². The van der Waals surface area contributed by atoms with Gasteiger partial charge < -0.3 is 10.2 Å². The number of halogens is 1. The molecule has 0 bridgehead atoms. The van der Waals surface area contributed by atoms with Gasteiger partial charge in [-0.2, -0.15) is 0 Å². The Hall–Kier alpha value is -2.77. The van der Waals surface area contributed by atoms with E-state index in [2.05, 4.69) is 15.5 Å². The molecule has 8 heteroatoms. The monoisotopic (exact) mass is 440 g/mol. The Morgan fingerprint density at radius 2 is 1.90 bits per heavy atom. The zero-order chi connectivity index (χ0) is 21.1. The average Bonchev–Trinajstić information content (AvgIpc) is 3.26. The highest BCUT2D eigenvalue weighted by Gasteiger charge is 2.29. The van der Waals surface area contributed by atoms with Crippen molar-refractivity contribution in [2.75, 3.05) is 18.4 Å². The molecule has 2 heterocycles. The summed E-state index contributed by atoms with van der Waals surface area (Å²) >= 11 is 7.16. The van der Waals surface area contributed by atoms with Crippen LogP contribution in [0.2, 0.25) is 5.02 Å². The Kier molecular flexibility index (Phi) is 6.11. The maximum Gasteiger partial charge on any atom is 0.286 e. The molecular weight excluding hydrogens is 420 g/mol. The zero-order valence-corrected chi connectivity index (χ0v) is 18.0. The predicted octanol–water partition coefficient (Wildman–Crippen LogP) is 4.77. The van der Waals surface area contributed by atoms with Crippen molar-refractivity contribution in [3.05, 3.63) is 74.7 Å². The van der Waals surface area contributed by atoms with E-state index in [1.807, 2.05) is 36.1 Å². The van der Waals surface area contributed by atoms with Gasteiger partial charge in [0.2, 0.25) is 5.01 Å². The first-order chi connectivity index (χ1) is 14.5. The maximum atomic E-state index is 13.0. The Morgan fingerprint density at radius 1 is 1.13 bits per heavy atom. The highest BCUT2D eigenvalue weighted by atomic mass is 35.5. The second-order valence-electron chi connectivity index (χ2n) is 7.31. The molecule has 0 aliphatic carbocycles. The number of piperidine rings is 1. The average molecular weight is 441 g/mol. The molecule has 1 aromatic heterocycles. The molecular formula is C22H21ClN4O2S. The van der Waals surface area contributed by atoms with Crippen LogP contribution in [0.15, 0.2) is 48.5 Å². The first-order valence-electron chi connectivity index (χ1n) is 9.76. The third-order valence-corrected chi connectivity index (χ3v) is 6.51. The van der Waals surface area contributed by atoms with Crippen LogP contribution in [0.1, 0.15) is 49.5 Å². The van der Waals surface area contributed by atoms with Crippen LogP contribution >= 0.6 is 22.9 Å². The van der Waals surface area contributed by atoms with Crippen LogP contribution in [0.25, 0.3) is 0 Å². The first-order valence-corrected chi connectivity index (χ1v) is 11.0. The molecule has 30 heavy (non-hydrogen) atoms. The summed E-state index contributed by atoms with van der Waals surface area (Å²) in [7, 11) is 0. The van der Waals surface area contributed by atoms with Gasteiger partial charge in [0.1, 0.15) is 5.01 Å². The summed E-state index contributed by atoms with van der Waals surface area (Å²) in [6, 6.07) is 14.5. The topological polar surface area (TPSA) is 75.2 Å². The van der Waals surface area contributed by atoms with E-state index in [9.17, 15) is 9.59 Å². The Labute approximate surface area is 183 Å². The fraction of sp³-hybridized carbons (Fsp3) is 0.273. The number of rotatable bonds is 4. The molecule has 3 aromatic rings. The lowest BCUT2D eigenvalue weighted by molar-refractivity contribution is 0.0706. The molecule has 6 nitrogen and oxygen atoms in total. The number of amides is 2. The molecule has 1 aliphatic heterocycles. The molecule has 154 valence electrons. The zero-order valence-electron chi connectivity index (χ0n) is 16.5. The minimum atomic E-state index is -0.301. The van der Waals surface area contributed by atoms with E-state index in [0.717, 1.165) is 35.5 Å². The van der Waals surface area contributed by atoms with Crippen molar-refractivity contribution >= 4 is 40.4 Å². The number of hydrogen-bond acceptors (Lipinski definition) is 5. The normalized spacial score (nSPS) is 16.3. The van der Waals surface area contributed by atoms with E-state index >= 15 is 0 Å². The van der Waals surface area contributed by atoms with Crippen molar-refractivity contribution in [1.82, 2.24) is 15.1 Å². The van der Waals surface area contributed by atoms with Gasteiger partial charge in [0.25, 0.3) is 11.8 Å². The first kappa shape index (κ1) is 20.5. The molecule has 4 rings (SSSR count). The van der Waals surface area contributed by atoms with Crippen LogP contribution in [0, 0.1) is 6.92 Å². The van der Waals surface area contributed by atoms with Crippen LogP contribution in [0.5, 0.6) is 0 Å². The lowest BCUT2D eigenvalue weighted by Gasteiger charge is -2.32. The van der Waals surface area contributed by atoms with Crippen molar-refractivity contribution in [2.45, 2.75) is 25.7 Å². The van der Waals surface area contributed by atoms with Crippen LogP contribution in [-0.4, -0.2) is 40.0 Å². The molecule has 1 saturated heterocycles. The summed E-state index contributed by atoms with van der Waals surface area (Å²) in [6.45, 7) is 3.26. The van der Waals surface area contributed by atoms with Crippen LogP contribution in [0.4, 0.5) is 5.69 Å². The highest BCUT2D eigenvalue weighted by molar-refractivity contribution is 7.13. The number of benzene rings is 2. The minimum Gasteiger partial charge on any atom is -0.338 e. The van der Waals surface area contributed by atoms with Crippen molar-refractivity contribution in [1.29, 1.82) is 0 Å². The number of likely N-dealkylation sites (tertiary alicyclic amines) is 1. The number of hydrogen-bond donors (Lipinski definition) is 1. The summed E-state index contributed by atoms with van der Waals surface area (Å²) in [5.41, 5.74) is 2.36. The lowest BCUT2D eigenvalue weighted by atomic mass is 9.97. The third kappa shape index (κ3) is 4.52. The van der Waals surface area contributed by atoms with E-state index in [1.165, 1.54) is 11.3 Å². The van der Waals surface area contributed by atoms with Gasteiger partial charge in [-0.1, -0.05) is 41.1 Å². The van der Waals surface area contributed by atoms with E-state index < -0.39 is 0 Å². The van der Waals surface area contributed by atoms with Gasteiger partial charge in [-0.3, -0.25) is 9.59 Å². The number of nitrogens with zero attached hydrogens (tertiary/aromatic N) is 3. The molecule has 2 aromatic carbocycles. The van der Waals surface area contributed by atoms with Gasteiger partial charge in [0, 0.05) is 35.3 Å². The molecule has 1 N–H and O–H groups in total. The fourth-order valence-electron chi connectivity index (χ4n) is 3.56. The lowest BCUT2D eigenvalue weighted by Crippen LogP contribution is -2.39. The van der Waals surface area contributed by atoms with E-state index in [-0.39, 0.29) is 17.7 Å². The number of carbonyl (C=O) groups is 2. The Balaban J connectivity index is 1.44. The summed E-state index contributed by atoms with van der Waals surface area (Å²) in [5.74, 6) is -0.172. The molecule has 0 unspecified atom stereocenters. The standard InChI is InChI=1S/C22H21ClN4O2S/c1-14-5-2-3-7-18(14)22(29)27-12-4-6-15(13-27)20-25-26-21(30-20)19(28)24-17-10-8-16(23)9-11-17/h2-3,5,7-11,15H,4,6,12-13H2,1H3,(H,24,28)/t15-/m0/s1. The second kappa shape index (κ2) is 8.93. The largest absolute Gasteiger partial charge is 0.338 e. The number of carbonyl (C=O) groups excluding carboxylic acids is 2. The highest BCUT2D eigenvalue weighted by Crippen LogP contribution is 2.30.